The number of thiophene rings is 1. The quantitative estimate of drug-likeness (QED) is 0.145. The lowest BCUT2D eigenvalue weighted by atomic mass is 9.96. The van der Waals surface area contributed by atoms with Crippen molar-refractivity contribution in [1.29, 1.82) is 0 Å². The van der Waals surface area contributed by atoms with E-state index in [2.05, 4.69) is 198 Å². The Morgan fingerprint density at radius 2 is 0.818 bits per heavy atom. The first-order valence-electron chi connectivity index (χ1n) is 18.5. The van der Waals surface area contributed by atoms with Gasteiger partial charge in [0.05, 0.1) is 7.11 Å². The molecule has 1 aromatic heterocycles. The van der Waals surface area contributed by atoms with Crippen LogP contribution in [0.1, 0.15) is 0 Å². The van der Waals surface area contributed by atoms with Crippen molar-refractivity contribution in [3.63, 3.8) is 0 Å². The Bertz CT molecular complexity index is 2900. The summed E-state index contributed by atoms with van der Waals surface area (Å²) in [5.41, 5.74) is 8.92. The number of fused-ring (bicyclic) bond motifs is 8. The van der Waals surface area contributed by atoms with E-state index in [1.165, 1.54) is 41.7 Å². The highest BCUT2D eigenvalue weighted by atomic mass is 32.1. The SMILES string of the molecule is COc1ccc(N(c2ccc(-c3ccc(N(c4ccccc4)c4ccccc4)cc3)cc2)c2ccc3c(c2)c2ccccc2c2c4ccccc4sc32)cc1. The molecule has 0 aliphatic rings. The van der Waals surface area contributed by atoms with Crippen molar-refractivity contribution < 1.29 is 4.74 Å². The second-order valence-corrected chi connectivity index (χ2v) is 14.8. The number of hydrogen-bond donors (Lipinski definition) is 0. The van der Waals surface area contributed by atoms with Crippen LogP contribution in [0.3, 0.4) is 0 Å². The van der Waals surface area contributed by atoms with E-state index < -0.39 is 0 Å². The number of anilines is 6. The third-order valence-corrected chi connectivity index (χ3v) is 11.7. The van der Waals surface area contributed by atoms with E-state index in [0.29, 0.717) is 0 Å². The zero-order valence-corrected chi connectivity index (χ0v) is 31.1. The molecular formula is C51H36N2OS. The first kappa shape index (κ1) is 32.7. The number of benzene rings is 9. The lowest BCUT2D eigenvalue weighted by molar-refractivity contribution is 0.415. The molecule has 0 aliphatic carbocycles. The zero-order chi connectivity index (χ0) is 36.7. The summed E-state index contributed by atoms with van der Waals surface area (Å²) in [6, 6.07) is 71.7. The molecule has 10 rings (SSSR count). The summed E-state index contributed by atoms with van der Waals surface area (Å²) >= 11 is 1.89. The minimum Gasteiger partial charge on any atom is -0.497 e. The van der Waals surface area contributed by atoms with Crippen molar-refractivity contribution in [2.24, 2.45) is 0 Å². The third kappa shape index (κ3) is 5.84. The second-order valence-electron chi connectivity index (χ2n) is 13.7. The van der Waals surface area contributed by atoms with Gasteiger partial charge in [0.25, 0.3) is 0 Å². The van der Waals surface area contributed by atoms with E-state index in [1.807, 2.05) is 23.5 Å². The number of rotatable bonds is 8. The third-order valence-electron chi connectivity index (χ3n) is 10.5. The van der Waals surface area contributed by atoms with Crippen LogP contribution in [-0.2, 0) is 0 Å². The van der Waals surface area contributed by atoms with E-state index in [0.717, 1.165) is 51.0 Å². The van der Waals surface area contributed by atoms with Gasteiger partial charge in [-0.05, 0) is 118 Å². The lowest BCUT2D eigenvalue weighted by Gasteiger charge is -2.27. The number of nitrogens with zero attached hydrogens (tertiary/aromatic N) is 2. The van der Waals surface area contributed by atoms with E-state index >= 15 is 0 Å². The summed E-state index contributed by atoms with van der Waals surface area (Å²) in [5, 5.41) is 7.76. The van der Waals surface area contributed by atoms with Crippen LogP contribution in [0.5, 0.6) is 5.75 Å². The van der Waals surface area contributed by atoms with Crippen molar-refractivity contribution in [2.45, 2.75) is 0 Å². The van der Waals surface area contributed by atoms with E-state index in [-0.39, 0.29) is 0 Å². The summed E-state index contributed by atoms with van der Waals surface area (Å²) in [6.07, 6.45) is 0. The number of ether oxygens (including phenoxy) is 1. The molecule has 262 valence electrons. The molecule has 0 unspecified atom stereocenters. The van der Waals surface area contributed by atoms with Gasteiger partial charge in [-0.2, -0.15) is 0 Å². The molecule has 1 heterocycles. The Morgan fingerprint density at radius 3 is 1.40 bits per heavy atom. The molecule has 0 N–H and O–H groups in total. The van der Waals surface area contributed by atoms with Gasteiger partial charge in [-0.15, -0.1) is 11.3 Å². The van der Waals surface area contributed by atoms with Crippen LogP contribution < -0.4 is 14.5 Å². The fourth-order valence-corrected chi connectivity index (χ4v) is 9.17. The lowest BCUT2D eigenvalue weighted by Crippen LogP contribution is -2.10. The Labute approximate surface area is 324 Å². The monoisotopic (exact) mass is 724 g/mol. The van der Waals surface area contributed by atoms with Gasteiger partial charge in [-0.25, -0.2) is 0 Å². The summed E-state index contributed by atoms with van der Waals surface area (Å²) in [6.45, 7) is 0. The van der Waals surface area contributed by atoms with Gasteiger partial charge in [0.15, 0.2) is 0 Å². The molecule has 0 amide bonds. The van der Waals surface area contributed by atoms with Crippen LogP contribution in [0.15, 0.2) is 200 Å². The molecule has 3 nitrogen and oxygen atoms in total. The molecule has 0 saturated carbocycles. The largest absolute Gasteiger partial charge is 0.497 e. The average Bonchev–Trinajstić information content (AvgIpc) is 3.66. The fourth-order valence-electron chi connectivity index (χ4n) is 7.92. The summed E-state index contributed by atoms with van der Waals surface area (Å²) < 4.78 is 8.20. The average molecular weight is 725 g/mol. The molecule has 4 heteroatoms. The Hall–Kier alpha value is -6.88. The molecule has 10 aromatic rings. The minimum atomic E-state index is 0.831. The summed E-state index contributed by atoms with van der Waals surface area (Å²) in [4.78, 5) is 4.63. The van der Waals surface area contributed by atoms with Gasteiger partial charge >= 0.3 is 0 Å². The topological polar surface area (TPSA) is 15.7 Å². The normalized spacial score (nSPS) is 11.4. The predicted octanol–water partition coefficient (Wildman–Crippen LogP) is 15.0. The molecule has 0 aliphatic heterocycles. The van der Waals surface area contributed by atoms with Crippen molar-refractivity contribution in [2.75, 3.05) is 16.9 Å². The van der Waals surface area contributed by atoms with E-state index in [4.69, 9.17) is 4.74 Å². The van der Waals surface area contributed by atoms with Gasteiger partial charge in [0.2, 0.25) is 0 Å². The molecule has 0 spiro atoms. The van der Waals surface area contributed by atoms with Gasteiger partial charge in [0, 0.05) is 59.7 Å². The van der Waals surface area contributed by atoms with Crippen LogP contribution in [0.25, 0.3) is 52.8 Å². The Morgan fingerprint density at radius 1 is 0.364 bits per heavy atom. The minimum absolute atomic E-state index is 0.831. The first-order chi connectivity index (χ1) is 27.2. The van der Waals surface area contributed by atoms with Crippen LogP contribution in [0.2, 0.25) is 0 Å². The molecule has 9 aromatic carbocycles. The van der Waals surface area contributed by atoms with Crippen LogP contribution in [0, 0.1) is 0 Å². The van der Waals surface area contributed by atoms with Crippen molar-refractivity contribution >= 4 is 87.2 Å². The van der Waals surface area contributed by atoms with Gasteiger partial charge in [-0.1, -0.05) is 109 Å². The maximum atomic E-state index is 5.55. The maximum absolute atomic E-state index is 5.55. The van der Waals surface area contributed by atoms with E-state index in [9.17, 15) is 0 Å². The second kappa shape index (κ2) is 13.8. The number of hydrogen-bond acceptors (Lipinski definition) is 4. The number of para-hydroxylation sites is 2. The molecule has 0 fully saturated rings. The molecule has 0 bridgehead atoms. The molecule has 55 heavy (non-hydrogen) atoms. The zero-order valence-electron chi connectivity index (χ0n) is 30.3. The van der Waals surface area contributed by atoms with Crippen LogP contribution >= 0.6 is 11.3 Å². The van der Waals surface area contributed by atoms with Crippen molar-refractivity contribution in [3.05, 3.63) is 200 Å². The Balaban J connectivity index is 1.05. The molecule has 0 atom stereocenters. The van der Waals surface area contributed by atoms with Crippen LogP contribution in [0.4, 0.5) is 34.1 Å². The molecular weight excluding hydrogens is 689 g/mol. The van der Waals surface area contributed by atoms with Gasteiger partial charge in [-0.3, -0.25) is 0 Å². The fraction of sp³-hybridized carbons (Fsp3) is 0.0196. The number of methoxy groups -OCH3 is 1. The van der Waals surface area contributed by atoms with Gasteiger partial charge in [0.1, 0.15) is 5.75 Å². The highest BCUT2D eigenvalue weighted by molar-refractivity contribution is 7.27. The summed E-state index contributed by atoms with van der Waals surface area (Å²) in [5.74, 6) is 0.831. The standard InChI is InChI=1S/C51H36N2OS/c1-54-43-31-28-41(29-32-43)53(42-30-33-46-48(34-42)44-16-8-9-17-45(44)50-47-18-10-11-19-49(47)55-51(46)50)40-26-22-36(23-27-40)35-20-24-39(25-21-35)52(37-12-4-2-5-13-37)38-14-6-3-7-15-38/h2-34H,1H3. The smallest absolute Gasteiger partial charge is 0.119 e. The maximum Gasteiger partial charge on any atom is 0.119 e. The van der Waals surface area contributed by atoms with E-state index in [1.54, 1.807) is 7.11 Å². The predicted molar refractivity (Wildman–Crippen MR) is 236 cm³/mol. The first-order valence-corrected chi connectivity index (χ1v) is 19.4. The van der Waals surface area contributed by atoms with Crippen LogP contribution in [-0.4, -0.2) is 7.11 Å². The summed E-state index contributed by atoms with van der Waals surface area (Å²) in [7, 11) is 1.71. The Kier molecular flexibility index (Phi) is 8.24. The highest BCUT2D eigenvalue weighted by Gasteiger charge is 2.18. The van der Waals surface area contributed by atoms with Crippen molar-refractivity contribution in [3.8, 4) is 16.9 Å². The van der Waals surface area contributed by atoms with Gasteiger partial charge < -0.3 is 14.5 Å². The molecule has 0 saturated heterocycles. The highest BCUT2D eigenvalue weighted by Crippen LogP contribution is 2.46. The van der Waals surface area contributed by atoms with Crippen molar-refractivity contribution in [1.82, 2.24) is 0 Å². The molecule has 0 radical (unpaired) electrons.